The lowest BCUT2D eigenvalue weighted by Gasteiger charge is -2.42. The molecule has 1 saturated carbocycles. The first-order valence-electron chi connectivity index (χ1n) is 8.40. The summed E-state index contributed by atoms with van der Waals surface area (Å²) in [5.74, 6) is 0.732. The highest BCUT2D eigenvalue weighted by molar-refractivity contribution is 7.13. The second-order valence-electron chi connectivity index (χ2n) is 7.56. The fraction of sp³-hybridized carbons (Fsp3) is 0.765. The highest BCUT2D eigenvalue weighted by atomic mass is 35.5. The van der Waals surface area contributed by atoms with Crippen molar-refractivity contribution >= 4 is 42.1 Å². The van der Waals surface area contributed by atoms with Gasteiger partial charge in [-0.05, 0) is 31.6 Å². The van der Waals surface area contributed by atoms with E-state index < -0.39 is 0 Å². The van der Waals surface area contributed by atoms with Crippen LogP contribution in [0.3, 0.4) is 0 Å². The smallest absolute Gasteiger partial charge is 0.265 e. The lowest BCUT2D eigenvalue weighted by Crippen LogP contribution is -2.53. The normalized spacial score (nSPS) is 23.5. The number of halogens is 2. The zero-order valence-electron chi connectivity index (χ0n) is 14.7. The van der Waals surface area contributed by atoms with Crippen LogP contribution >= 0.6 is 36.2 Å². The summed E-state index contributed by atoms with van der Waals surface area (Å²) in [5, 5.41) is 1.17. The summed E-state index contributed by atoms with van der Waals surface area (Å²) in [6.07, 6.45) is 5.93. The van der Waals surface area contributed by atoms with Crippen molar-refractivity contribution in [3.63, 3.8) is 0 Å². The van der Waals surface area contributed by atoms with Crippen LogP contribution in [0.15, 0.2) is 0 Å². The van der Waals surface area contributed by atoms with Crippen LogP contribution in [-0.4, -0.2) is 34.9 Å². The topological polar surface area (TPSA) is 59.2 Å². The summed E-state index contributed by atoms with van der Waals surface area (Å²) < 4.78 is 0. The predicted molar refractivity (Wildman–Crippen MR) is 105 cm³/mol. The van der Waals surface area contributed by atoms with E-state index in [2.05, 4.69) is 13.8 Å². The van der Waals surface area contributed by atoms with Crippen molar-refractivity contribution in [2.45, 2.75) is 64.8 Å². The van der Waals surface area contributed by atoms with Crippen molar-refractivity contribution in [1.82, 2.24) is 9.88 Å². The van der Waals surface area contributed by atoms with Crippen molar-refractivity contribution in [2.24, 2.45) is 11.1 Å². The van der Waals surface area contributed by atoms with E-state index in [1.165, 1.54) is 30.7 Å². The monoisotopic (exact) mass is 393 g/mol. The number of thiazole rings is 1. The third kappa shape index (κ3) is 4.24. The highest BCUT2D eigenvalue weighted by Crippen LogP contribution is 2.38. The standard InChI is InChI=1S/C17H27N3OS.2ClH/c1-11-14(22-15(19-11)12-6-4-5-7-12)16(21)20-9-8-13(18)17(2,3)10-20;;/h12-13H,4-10,18H2,1-3H3;2*1H. The van der Waals surface area contributed by atoms with E-state index in [1.54, 1.807) is 11.3 Å². The van der Waals surface area contributed by atoms with Crippen LogP contribution in [0.5, 0.6) is 0 Å². The molecule has 4 nitrogen and oxygen atoms in total. The number of aryl methyl sites for hydroxylation is 1. The molecule has 2 N–H and O–H groups in total. The second kappa shape index (κ2) is 8.35. The van der Waals surface area contributed by atoms with Crippen LogP contribution < -0.4 is 5.73 Å². The summed E-state index contributed by atoms with van der Waals surface area (Å²) in [4.78, 5) is 20.4. The van der Waals surface area contributed by atoms with Gasteiger partial charge in [0.05, 0.1) is 10.7 Å². The van der Waals surface area contributed by atoms with Crippen LogP contribution in [0, 0.1) is 12.3 Å². The number of nitrogens with two attached hydrogens (primary N) is 1. The lowest BCUT2D eigenvalue weighted by molar-refractivity contribution is 0.0536. The van der Waals surface area contributed by atoms with Gasteiger partial charge < -0.3 is 10.6 Å². The summed E-state index contributed by atoms with van der Waals surface area (Å²) in [6, 6.07) is 0.174. The molecule has 1 unspecified atom stereocenters. The molecule has 1 aromatic heterocycles. The fourth-order valence-electron chi connectivity index (χ4n) is 3.65. The maximum absolute atomic E-state index is 12.9. The molecule has 1 aliphatic carbocycles. The molecule has 1 aromatic rings. The summed E-state index contributed by atoms with van der Waals surface area (Å²) in [6.45, 7) is 7.78. The predicted octanol–water partition coefficient (Wildman–Crippen LogP) is 4.15. The van der Waals surface area contributed by atoms with Gasteiger partial charge in [0, 0.05) is 25.0 Å². The first-order valence-corrected chi connectivity index (χ1v) is 9.22. The zero-order valence-corrected chi connectivity index (χ0v) is 17.2. The molecule has 2 fully saturated rings. The number of hydrogen-bond acceptors (Lipinski definition) is 4. The van der Waals surface area contributed by atoms with Crippen molar-refractivity contribution in [3.05, 3.63) is 15.6 Å². The van der Waals surface area contributed by atoms with Crippen molar-refractivity contribution in [1.29, 1.82) is 0 Å². The summed E-state index contributed by atoms with van der Waals surface area (Å²) >= 11 is 1.63. The lowest BCUT2D eigenvalue weighted by atomic mass is 9.79. The molecule has 2 heterocycles. The van der Waals surface area contributed by atoms with Gasteiger partial charge in [-0.3, -0.25) is 4.79 Å². The SMILES string of the molecule is Cc1nc(C2CCCC2)sc1C(=O)N1CCC(N)C(C)(C)C1.Cl.Cl. The van der Waals surface area contributed by atoms with Gasteiger partial charge in [0.1, 0.15) is 4.88 Å². The molecule has 0 spiro atoms. The molecule has 138 valence electrons. The number of hydrogen-bond donors (Lipinski definition) is 1. The molecule has 0 aromatic carbocycles. The molecular formula is C17H29Cl2N3OS. The van der Waals surface area contributed by atoms with Gasteiger partial charge in [0.2, 0.25) is 0 Å². The Morgan fingerprint density at radius 3 is 2.46 bits per heavy atom. The number of carbonyl (C=O) groups excluding carboxylic acids is 1. The van der Waals surface area contributed by atoms with Crippen LogP contribution in [0.25, 0.3) is 0 Å². The van der Waals surface area contributed by atoms with Crippen molar-refractivity contribution in [3.8, 4) is 0 Å². The van der Waals surface area contributed by atoms with E-state index in [4.69, 9.17) is 10.7 Å². The summed E-state index contributed by atoms with van der Waals surface area (Å²) in [7, 11) is 0. The molecule has 7 heteroatoms. The molecule has 2 aliphatic rings. The third-order valence-electron chi connectivity index (χ3n) is 5.31. The number of likely N-dealkylation sites (tertiary alicyclic amines) is 1. The number of carbonyl (C=O) groups is 1. The Hall–Kier alpha value is -0.360. The van der Waals surface area contributed by atoms with E-state index in [9.17, 15) is 4.79 Å². The van der Waals surface area contributed by atoms with E-state index in [0.29, 0.717) is 5.92 Å². The van der Waals surface area contributed by atoms with Gasteiger partial charge >= 0.3 is 0 Å². The van der Waals surface area contributed by atoms with E-state index in [1.807, 2.05) is 11.8 Å². The molecule has 1 saturated heterocycles. The van der Waals surface area contributed by atoms with Gasteiger partial charge in [-0.25, -0.2) is 4.98 Å². The van der Waals surface area contributed by atoms with Crippen molar-refractivity contribution in [2.75, 3.05) is 13.1 Å². The van der Waals surface area contributed by atoms with Gasteiger partial charge in [-0.15, -0.1) is 36.2 Å². The third-order valence-corrected chi connectivity index (χ3v) is 6.62. The molecule has 1 aliphatic heterocycles. The fourth-order valence-corrected chi connectivity index (χ4v) is 4.86. The maximum Gasteiger partial charge on any atom is 0.265 e. The van der Waals surface area contributed by atoms with Gasteiger partial charge in [0.15, 0.2) is 0 Å². The van der Waals surface area contributed by atoms with E-state index >= 15 is 0 Å². The largest absolute Gasteiger partial charge is 0.337 e. The number of aromatic nitrogens is 1. The van der Waals surface area contributed by atoms with Gasteiger partial charge in [-0.1, -0.05) is 26.7 Å². The second-order valence-corrected chi connectivity index (χ2v) is 8.59. The minimum atomic E-state index is -0.0131. The molecular weight excluding hydrogens is 365 g/mol. The van der Waals surface area contributed by atoms with Crippen LogP contribution in [0.2, 0.25) is 0 Å². The minimum Gasteiger partial charge on any atom is -0.337 e. The first kappa shape index (κ1) is 21.7. The Labute approximate surface area is 161 Å². The molecule has 1 atom stereocenters. The quantitative estimate of drug-likeness (QED) is 0.820. The summed E-state index contributed by atoms with van der Waals surface area (Å²) in [5.41, 5.74) is 7.08. The Morgan fingerprint density at radius 1 is 1.25 bits per heavy atom. The number of rotatable bonds is 2. The minimum absolute atomic E-state index is 0. The Morgan fingerprint density at radius 2 is 1.88 bits per heavy atom. The van der Waals surface area contributed by atoms with Crippen LogP contribution in [0.4, 0.5) is 0 Å². The molecule has 24 heavy (non-hydrogen) atoms. The molecule has 1 amide bonds. The maximum atomic E-state index is 12.9. The molecule has 0 radical (unpaired) electrons. The van der Waals surface area contributed by atoms with Gasteiger partial charge in [0.25, 0.3) is 5.91 Å². The zero-order chi connectivity index (χ0) is 15.9. The number of amides is 1. The Balaban J connectivity index is 0.00000144. The average molecular weight is 394 g/mol. The van der Waals surface area contributed by atoms with E-state index in [0.717, 1.165) is 30.1 Å². The van der Waals surface area contributed by atoms with Crippen LogP contribution in [-0.2, 0) is 0 Å². The first-order chi connectivity index (χ1) is 10.4. The van der Waals surface area contributed by atoms with E-state index in [-0.39, 0.29) is 42.2 Å². The van der Waals surface area contributed by atoms with Crippen molar-refractivity contribution < 1.29 is 4.79 Å². The molecule has 0 bridgehead atoms. The van der Waals surface area contributed by atoms with Gasteiger partial charge in [-0.2, -0.15) is 0 Å². The Kier molecular flexibility index (Phi) is 7.54. The van der Waals surface area contributed by atoms with Crippen LogP contribution in [0.1, 0.15) is 72.2 Å². The number of piperidine rings is 1. The Bertz CT molecular complexity index is 570. The number of nitrogens with zero attached hydrogens (tertiary/aromatic N) is 2. The average Bonchev–Trinajstić information content (AvgIpc) is 3.10. The highest BCUT2D eigenvalue weighted by Gasteiger charge is 2.36. The molecule has 3 rings (SSSR count).